The van der Waals surface area contributed by atoms with Crippen LogP contribution in [0.1, 0.15) is 12.5 Å². The molecule has 1 N–H and O–H groups in total. The van der Waals surface area contributed by atoms with Crippen LogP contribution in [-0.2, 0) is 4.79 Å². The molecule has 17 heavy (non-hydrogen) atoms. The van der Waals surface area contributed by atoms with Crippen molar-refractivity contribution in [2.24, 2.45) is 0 Å². The zero-order chi connectivity index (χ0) is 12.1. The van der Waals surface area contributed by atoms with E-state index in [-0.39, 0.29) is 12.4 Å². The quantitative estimate of drug-likeness (QED) is 0.844. The van der Waals surface area contributed by atoms with Crippen molar-refractivity contribution in [2.75, 3.05) is 14.2 Å². The molecule has 0 amide bonds. The summed E-state index contributed by atoms with van der Waals surface area (Å²) >= 11 is 0. The van der Waals surface area contributed by atoms with Crippen LogP contribution in [0.15, 0.2) is 24.3 Å². The summed E-state index contributed by atoms with van der Waals surface area (Å²) in [6.45, 7) is 1.73. The third-order valence-electron chi connectivity index (χ3n) is 2.18. The van der Waals surface area contributed by atoms with Crippen molar-refractivity contribution in [1.29, 1.82) is 0 Å². The summed E-state index contributed by atoms with van der Waals surface area (Å²) in [7, 11) is 3.09. The Kier molecular flexibility index (Phi) is 6.13. The monoisotopic (exact) mass is 258 g/mol. The highest BCUT2D eigenvalue weighted by Gasteiger charge is 2.06. The molecule has 0 aromatic heterocycles. The average molecular weight is 259 g/mol. The lowest BCUT2D eigenvalue weighted by atomic mass is 10.1. The first-order valence-corrected chi connectivity index (χ1v) is 4.72. The number of carboxylic acid groups (broad SMARTS) is 1. The van der Waals surface area contributed by atoms with Crippen LogP contribution in [0.2, 0.25) is 0 Å². The zero-order valence-corrected chi connectivity index (χ0v) is 10.7. The maximum Gasteiger partial charge on any atom is 0.328 e. The number of allylic oxidation sites excluding steroid dienone is 1. The molecule has 0 aliphatic carbocycles. The van der Waals surface area contributed by atoms with Crippen LogP contribution in [-0.4, -0.2) is 25.3 Å². The molecule has 1 aromatic carbocycles. The predicted molar refractivity (Wildman–Crippen MR) is 68.1 cm³/mol. The SMILES string of the molecule is COc1ccc(C(C)=CC(=O)O)cc1OC.Cl. The largest absolute Gasteiger partial charge is 0.493 e. The lowest BCUT2D eigenvalue weighted by molar-refractivity contribution is -0.131. The Bertz CT molecular complexity index is 427. The number of methoxy groups -OCH3 is 2. The van der Waals surface area contributed by atoms with E-state index in [4.69, 9.17) is 14.6 Å². The van der Waals surface area contributed by atoms with E-state index in [0.29, 0.717) is 17.1 Å². The molecule has 0 fully saturated rings. The van der Waals surface area contributed by atoms with Crippen molar-refractivity contribution in [3.63, 3.8) is 0 Å². The number of hydrogen-bond acceptors (Lipinski definition) is 3. The van der Waals surface area contributed by atoms with Gasteiger partial charge in [-0.25, -0.2) is 4.79 Å². The van der Waals surface area contributed by atoms with Crippen molar-refractivity contribution in [1.82, 2.24) is 0 Å². The Morgan fingerprint density at radius 1 is 1.24 bits per heavy atom. The van der Waals surface area contributed by atoms with E-state index in [1.54, 1.807) is 32.2 Å². The number of carboxylic acids is 1. The minimum atomic E-state index is -0.965. The second-order valence-corrected chi connectivity index (χ2v) is 3.24. The Labute approximate surface area is 106 Å². The minimum Gasteiger partial charge on any atom is -0.493 e. The number of ether oxygens (including phenoxy) is 2. The van der Waals surface area contributed by atoms with Gasteiger partial charge in [0.25, 0.3) is 0 Å². The minimum absolute atomic E-state index is 0. The Balaban J connectivity index is 0.00000256. The number of benzene rings is 1. The molecule has 0 unspecified atom stereocenters. The van der Waals surface area contributed by atoms with Gasteiger partial charge in [0.2, 0.25) is 0 Å². The van der Waals surface area contributed by atoms with E-state index in [9.17, 15) is 4.79 Å². The lowest BCUT2D eigenvalue weighted by Gasteiger charge is -2.09. The second-order valence-electron chi connectivity index (χ2n) is 3.24. The molecule has 0 heterocycles. The van der Waals surface area contributed by atoms with Gasteiger partial charge < -0.3 is 14.6 Å². The van der Waals surface area contributed by atoms with E-state index < -0.39 is 5.97 Å². The van der Waals surface area contributed by atoms with Gasteiger partial charge in [-0.05, 0) is 30.2 Å². The van der Waals surface area contributed by atoms with E-state index in [0.717, 1.165) is 11.6 Å². The van der Waals surface area contributed by atoms with Crippen molar-refractivity contribution < 1.29 is 19.4 Å². The van der Waals surface area contributed by atoms with Crippen molar-refractivity contribution in [3.8, 4) is 11.5 Å². The molecular weight excluding hydrogens is 244 g/mol. The molecule has 4 nitrogen and oxygen atoms in total. The second kappa shape index (κ2) is 6.81. The maximum absolute atomic E-state index is 10.5. The molecule has 5 heteroatoms. The smallest absolute Gasteiger partial charge is 0.328 e. The van der Waals surface area contributed by atoms with Crippen LogP contribution < -0.4 is 9.47 Å². The molecule has 0 spiro atoms. The summed E-state index contributed by atoms with van der Waals surface area (Å²) < 4.78 is 10.2. The fourth-order valence-electron chi connectivity index (χ4n) is 1.35. The normalized spacial score (nSPS) is 10.4. The molecule has 0 saturated heterocycles. The van der Waals surface area contributed by atoms with Crippen molar-refractivity contribution >= 4 is 23.9 Å². The van der Waals surface area contributed by atoms with Gasteiger partial charge in [0, 0.05) is 6.08 Å². The van der Waals surface area contributed by atoms with E-state index in [1.807, 2.05) is 0 Å². The summed E-state index contributed by atoms with van der Waals surface area (Å²) in [5, 5.41) is 8.64. The van der Waals surface area contributed by atoms with Crippen LogP contribution in [0.3, 0.4) is 0 Å². The summed E-state index contributed by atoms with van der Waals surface area (Å²) in [4.78, 5) is 10.5. The van der Waals surface area contributed by atoms with E-state index in [1.165, 1.54) is 7.11 Å². The number of aliphatic carboxylic acids is 1. The highest BCUT2D eigenvalue weighted by atomic mass is 35.5. The third-order valence-corrected chi connectivity index (χ3v) is 2.18. The lowest BCUT2D eigenvalue weighted by Crippen LogP contribution is -1.93. The summed E-state index contributed by atoms with van der Waals surface area (Å²) in [5.74, 6) is 0.236. The molecule has 0 saturated carbocycles. The molecular formula is C12H15ClO4. The van der Waals surface area contributed by atoms with Crippen LogP contribution in [0, 0.1) is 0 Å². The number of hydrogen-bond donors (Lipinski definition) is 1. The molecule has 1 aromatic rings. The average Bonchev–Trinajstić information content (AvgIpc) is 2.27. The summed E-state index contributed by atoms with van der Waals surface area (Å²) in [6.07, 6.45) is 1.15. The number of rotatable bonds is 4. The fraction of sp³-hybridized carbons (Fsp3) is 0.250. The molecule has 94 valence electrons. The van der Waals surface area contributed by atoms with Crippen LogP contribution >= 0.6 is 12.4 Å². The third kappa shape index (κ3) is 4.00. The van der Waals surface area contributed by atoms with Gasteiger partial charge in [0.1, 0.15) is 0 Å². The van der Waals surface area contributed by atoms with Gasteiger partial charge in [-0.1, -0.05) is 6.07 Å². The summed E-state index contributed by atoms with van der Waals surface area (Å²) in [6, 6.07) is 5.27. The van der Waals surface area contributed by atoms with Crippen LogP contribution in [0.25, 0.3) is 5.57 Å². The highest BCUT2D eigenvalue weighted by molar-refractivity contribution is 5.89. The molecule has 0 atom stereocenters. The van der Waals surface area contributed by atoms with Crippen LogP contribution in [0.4, 0.5) is 0 Å². The first-order chi connectivity index (χ1) is 7.58. The van der Waals surface area contributed by atoms with Crippen LogP contribution in [0.5, 0.6) is 11.5 Å². The van der Waals surface area contributed by atoms with Crippen molar-refractivity contribution in [3.05, 3.63) is 29.8 Å². The molecule has 1 rings (SSSR count). The van der Waals surface area contributed by atoms with Gasteiger partial charge in [-0.3, -0.25) is 0 Å². The zero-order valence-electron chi connectivity index (χ0n) is 9.89. The number of carbonyl (C=O) groups is 1. The van der Waals surface area contributed by atoms with Crippen molar-refractivity contribution in [2.45, 2.75) is 6.92 Å². The molecule has 0 bridgehead atoms. The van der Waals surface area contributed by atoms with Gasteiger partial charge >= 0.3 is 5.97 Å². The topological polar surface area (TPSA) is 55.8 Å². The Hall–Kier alpha value is -1.68. The van der Waals surface area contributed by atoms with Gasteiger partial charge in [-0.2, -0.15) is 0 Å². The molecule has 0 radical (unpaired) electrons. The molecule has 0 aliphatic rings. The highest BCUT2D eigenvalue weighted by Crippen LogP contribution is 2.30. The van der Waals surface area contributed by atoms with E-state index in [2.05, 4.69) is 0 Å². The Morgan fingerprint density at radius 2 is 1.82 bits per heavy atom. The van der Waals surface area contributed by atoms with Gasteiger partial charge in [0.05, 0.1) is 14.2 Å². The number of halogens is 1. The maximum atomic E-state index is 10.5. The van der Waals surface area contributed by atoms with Gasteiger partial charge in [-0.15, -0.1) is 12.4 Å². The molecule has 0 aliphatic heterocycles. The standard InChI is InChI=1S/C12H14O4.ClH/c1-8(6-12(13)14)9-4-5-10(15-2)11(7-9)16-3;/h4-7H,1-3H3,(H,13,14);1H. The predicted octanol–water partition coefficient (Wildman–Crippen LogP) is 2.61. The first kappa shape index (κ1) is 15.3. The summed E-state index contributed by atoms with van der Waals surface area (Å²) in [5.41, 5.74) is 1.45. The fourth-order valence-corrected chi connectivity index (χ4v) is 1.35. The van der Waals surface area contributed by atoms with E-state index >= 15 is 0 Å². The first-order valence-electron chi connectivity index (χ1n) is 4.72. The Morgan fingerprint density at radius 3 is 2.29 bits per heavy atom. The van der Waals surface area contributed by atoms with Gasteiger partial charge in [0.15, 0.2) is 11.5 Å².